The third-order valence-corrected chi connectivity index (χ3v) is 0.824. The summed E-state index contributed by atoms with van der Waals surface area (Å²) in [6.45, 7) is 0. The average Bonchev–Trinajstić information content (AvgIpc) is 2.13. The van der Waals surface area contributed by atoms with Crippen molar-refractivity contribution in [3.05, 3.63) is 5.21 Å². The van der Waals surface area contributed by atoms with Crippen molar-refractivity contribution in [2.24, 2.45) is 5.16 Å². The predicted molar refractivity (Wildman–Crippen MR) is 25.4 cm³/mol. The summed E-state index contributed by atoms with van der Waals surface area (Å²) in [7, 11) is 0. The Bertz CT molecular complexity index is 154. The topological polar surface area (TPSA) is 85.2 Å². The van der Waals surface area contributed by atoms with Crippen molar-refractivity contribution in [1.82, 2.24) is 5.23 Å². The average molecular weight is 131 g/mol. The molecule has 6 heteroatoms. The number of hydrogen-bond donors (Lipinski definition) is 1. The van der Waals surface area contributed by atoms with Crippen LogP contribution in [0, 0.1) is 5.21 Å². The molecule has 1 atom stereocenters. The molecule has 0 spiro atoms. The minimum absolute atomic E-state index is 0.515. The minimum Gasteiger partial charge on any atom is -0.761 e. The minimum atomic E-state index is -1.29. The molecule has 1 aliphatic rings. The molecule has 0 radical (unpaired) electrons. The van der Waals surface area contributed by atoms with E-state index in [1.807, 2.05) is 0 Å². The van der Waals surface area contributed by atoms with Crippen molar-refractivity contribution >= 4 is 12.2 Å². The van der Waals surface area contributed by atoms with Crippen LogP contribution in [-0.4, -0.2) is 28.7 Å². The van der Waals surface area contributed by atoms with Crippen molar-refractivity contribution < 1.29 is 14.8 Å². The maximum atomic E-state index is 10.3. The zero-order valence-electron chi connectivity index (χ0n) is 4.22. The standard InChI is InChI=1S/C3H3N2O4/c6-3-2(5(7)8)1-4-9-3/h1-2,7H/q-1. The van der Waals surface area contributed by atoms with Gasteiger partial charge in [0.2, 0.25) is 0 Å². The van der Waals surface area contributed by atoms with Crippen LogP contribution in [0.1, 0.15) is 0 Å². The molecule has 0 aromatic carbocycles. The third kappa shape index (κ3) is 1.04. The Hall–Kier alpha value is -0.980. The van der Waals surface area contributed by atoms with Gasteiger partial charge in [-0.3, -0.25) is 0 Å². The molecular formula is C3H3N2O4-. The van der Waals surface area contributed by atoms with Crippen LogP contribution in [0.2, 0.25) is 0 Å². The first-order valence-corrected chi connectivity index (χ1v) is 2.11. The number of nitrogens with zero attached hydrogens (tertiary/aromatic N) is 2. The number of hydrogen-bond acceptors (Lipinski definition) is 6. The van der Waals surface area contributed by atoms with Gasteiger partial charge in [-0.15, -0.1) is 0 Å². The Balaban J connectivity index is 2.59. The number of carbonyl (C=O) groups excluding carboxylic acids is 1. The number of oxime groups is 1. The van der Waals surface area contributed by atoms with E-state index in [1.165, 1.54) is 0 Å². The lowest BCUT2D eigenvalue weighted by molar-refractivity contribution is -0.153. The van der Waals surface area contributed by atoms with Crippen LogP contribution in [0.3, 0.4) is 0 Å². The molecule has 0 fully saturated rings. The Morgan fingerprint density at radius 1 is 2.00 bits per heavy atom. The summed E-state index contributed by atoms with van der Waals surface area (Å²) in [5.41, 5.74) is 0. The second kappa shape index (κ2) is 2.09. The van der Waals surface area contributed by atoms with Gasteiger partial charge in [-0.05, 0) is 0 Å². The molecule has 9 heavy (non-hydrogen) atoms. The van der Waals surface area contributed by atoms with Gasteiger partial charge in [0.05, 0.1) is 6.21 Å². The van der Waals surface area contributed by atoms with Gasteiger partial charge in [0, 0.05) is 0 Å². The van der Waals surface area contributed by atoms with Gasteiger partial charge in [-0.1, -0.05) is 5.16 Å². The summed E-state index contributed by atoms with van der Waals surface area (Å²) >= 11 is 0. The molecule has 0 bridgehead atoms. The lowest BCUT2D eigenvalue weighted by Crippen LogP contribution is -2.33. The van der Waals surface area contributed by atoms with Crippen LogP contribution in [0.5, 0.6) is 0 Å². The Morgan fingerprint density at radius 3 is 2.89 bits per heavy atom. The smallest absolute Gasteiger partial charge is 0.358 e. The Morgan fingerprint density at radius 2 is 2.67 bits per heavy atom. The zero-order valence-corrected chi connectivity index (χ0v) is 4.22. The van der Waals surface area contributed by atoms with Crippen LogP contribution < -0.4 is 0 Å². The van der Waals surface area contributed by atoms with E-state index in [2.05, 4.69) is 9.99 Å². The van der Waals surface area contributed by atoms with Gasteiger partial charge >= 0.3 is 5.97 Å². The number of carbonyl (C=O) groups is 1. The molecule has 0 aliphatic carbocycles. The van der Waals surface area contributed by atoms with Crippen LogP contribution in [0.15, 0.2) is 5.16 Å². The third-order valence-electron chi connectivity index (χ3n) is 0.824. The van der Waals surface area contributed by atoms with Crippen molar-refractivity contribution in [2.75, 3.05) is 0 Å². The van der Waals surface area contributed by atoms with Gasteiger partial charge in [-0.2, -0.15) is 0 Å². The first-order chi connectivity index (χ1) is 4.22. The first kappa shape index (κ1) is 6.14. The Labute approximate surface area is 49.8 Å². The number of rotatable bonds is 1. The van der Waals surface area contributed by atoms with Crippen molar-refractivity contribution in [3.8, 4) is 0 Å². The molecule has 0 aromatic rings. The second-order valence-electron chi connectivity index (χ2n) is 1.41. The molecule has 6 nitrogen and oxygen atoms in total. The van der Waals surface area contributed by atoms with E-state index in [0.717, 1.165) is 6.21 Å². The molecule has 1 aliphatic heterocycles. The Kier molecular flexibility index (Phi) is 1.43. The fourth-order valence-corrected chi connectivity index (χ4v) is 0.402. The highest BCUT2D eigenvalue weighted by molar-refractivity contribution is 5.96. The van der Waals surface area contributed by atoms with Crippen LogP contribution >= 0.6 is 0 Å². The normalized spacial score (nSPS) is 25.2. The van der Waals surface area contributed by atoms with E-state index in [4.69, 9.17) is 5.21 Å². The molecular weight excluding hydrogens is 128 g/mol. The highest BCUT2D eigenvalue weighted by atomic mass is 16.8. The largest absolute Gasteiger partial charge is 0.761 e. The lowest BCUT2D eigenvalue weighted by atomic mass is 10.4. The van der Waals surface area contributed by atoms with E-state index < -0.39 is 17.2 Å². The van der Waals surface area contributed by atoms with Crippen molar-refractivity contribution in [2.45, 2.75) is 6.04 Å². The molecule has 0 amide bonds. The fourth-order valence-electron chi connectivity index (χ4n) is 0.402. The van der Waals surface area contributed by atoms with Crippen molar-refractivity contribution in [1.29, 1.82) is 0 Å². The summed E-state index contributed by atoms with van der Waals surface area (Å²) in [6.07, 6.45) is 0.912. The summed E-state index contributed by atoms with van der Waals surface area (Å²) < 4.78 is 0. The summed E-state index contributed by atoms with van der Waals surface area (Å²) in [5, 5.41) is 20.5. The van der Waals surface area contributed by atoms with E-state index in [-0.39, 0.29) is 0 Å². The van der Waals surface area contributed by atoms with E-state index >= 15 is 0 Å². The van der Waals surface area contributed by atoms with Crippen LogP contribution in [-0.2, 0) is 9.63 Å². The summed E-state index contributed by atoms with van der Waals surface area (Å²) in [5.74, 6) is -0.868. The van der Waals surface area contributed by atoms with Crippen LogP contribution in [0.25, 0.3) is 0 Å². The van der Waals surface area contributed by atoms with Gasteiger partial charge < -0.3 is 15.3 Å². The fraction of sp³-hybridized carbons (Fsp3) is 0.333. The number of hydroxylamine groups is 2. The lowest BCUT2D eigenvalue weighted by Gasteiger charge is -2.20. The molecule has 0 aromatic heterocycles. The van der Waals surface area contributed by atoms with Gasteiger partial charge in [0.1, 0.15) is 0 Å². The summed E-state index contributed by atoms with van der Waals surface area (Å²) in [4.78, 5) is 14.2. The SMILES string of the molecule is O=C1ON=CC1N([O-])O. The summed E-state index contributed by atoms with van der Waals surface area (Å²) in [6, 6.07) is -1.29. The van der Waals surface area contributed by atoms with E-state index in [1.54, 1.807) is 0 Å². The maximum absolute atomic E-state index is 10.3. The van der Waals surface area contributed by atoms with Crippen LogP contribution in [0.4, 0.5) is 0 Å². The zero-order chi connectivity index (χ0) is 6.85. The van der Waals surface area contributed by atoms with Gasteiger partial charge in [0.15, 0.2) is 6.04 Å². The molecule has 1 N–H and O–H groups in total. The molecule has 0 saturated heterocycles. The molecule has 1 unspecified atom stereocenters. The molecule has 50 valence electrons. The predicted octanol–water partition coefficient (Wildman–Crippen LogP) is -0.913. The molecule has 1 heterocycles. The molecule has 1 rings (SSSR count). The highest BCUT2D eigenvalue weighted by Crippen LogP contribution is 2.00. The van der Waals surface area contributed by atoms with E-state index in [0.29, 0.717) is 0 Å². The maximum Gasteiger partial charge on any atom is 0.358 e. The van der Waals surface area contributed by atoms with Gasteiger partial charge in [-0.25, -0.2) is 10.0 Å². The van der Waals surface area contributed by atoms with Gasteiger partial charge in [0.25, 0.3) is 0 Å². The quantitative estimate of drug-likeness (QED) is 0.367. The second-order valence-corrected chi connectivity index (χ2v) is 1.41. The highest BCUT2D eigenvalue weighted by Gasteiger charge is 2.24. The monoisotopic (exact) mass is 131 g/mol. The van der Waals surface area contributed by atoms with E-state index in [9.17, 15) is 10.0 Å². The van der Waals surface area contributed by atoms with Crippen molar-refractivity contribution in [3.63, 3.8) is 0 Å². The molecule has 0 saturated carbocycles. The first-order valence-electron chi connectivity index (χ1n) is 2.11.